The number of amides is 1. The Hall–Kier alpha value is -3.41. The average molecular weight is 427 g/mol. The van der Waals surface area contributed by atoms with Crippen LogP contribution >= 0.6 is 11.3 Å². The van der Waals surface area contributed by atoms with Crippen molar-refractivity contribution in [2.75, 3.05) is 6.54 Å². The van der Waals surface area contributed by atoms with Crippen molar-refractivity contribution >= 4 is 33.3 Å². The normalized spacial score (nSPS) is 11.6. The number of halogens is 3. The van der Waals surface area contributed by atoms with E-state index in [0.29, 0.717) is 16.9 Å². The molecule has 8 nitrogen and oxygen atoms in total. The number of carboxylic acid groups (broad SMARTS) is 1. The Morgan fingerprint density at radius 1 is 1.28 bits per heavy atom. The molecule has 0 bridgehead atoms. The van der Waals surface area contributed by atoms with E-state index in [-0.39, 0.29) is 15.8 Å². The van der Waals surface area contributed by atoms with Crippen molar-refractivity contribution in [1.82, 2.24) is 15.1 Å². The summed E-state index contributed by atoms with van der Waals surface area (Å²) in [6.07, 6.45) is -4.62. The van der Waals surface area contributed by atoms with Gasteiger partial charge in [-0.1, -0.05) is 17.4 Å². The lowest BCUT2D eigenvalue weighted by atomic mass is 10.1. The molecule has 0 unspecified atom stereocenters. The van der Waals surface area contributed by atoms with Gasteiger partial charge >= 0.3 is 12.1 Å². The Morgan fingerprint density at radius 3 is 2.55 bits per heavy atom. The fourth-order valence-corrected chi connectivity index (χ4v) is 3.61. The lowest BCUT2D eigenvalue weighted by Gasteiger charge is -2.07. The van der Waals surface area contributed by atoms with E-state index < -0.39 is 46.3 Å². The smallest absolute Gasteiger partial charge is 0.435 e. The number of rotatable bonds is 4. The van der Waals surface area contributed by atoms with E-state index >= 15 is 0 Å². The molecule has 0 saturated heterocycles. The Morgan fingerprint density at radius 2 is 1.97 bits per heavy atom. The first kappa shape index (κ1) is 20.3. The summed E-state index contributed by atoms with van der Waals surface area (Å²) in [5, 5.41) is 23.5. The highest BCUT2D eigenvalue weighted by molar-refractivity contribution is 7.20. The number of hydrogen-bond donors (Lipinski definition) is 3. The molecule has 3 aromatic rings. The molecule has 0 spiro atoms. The van der Waals surface area contributed by atoms with E-state index in [2.05, 4.69) is 5.10 Å². The topological polar surface area (TPSA) is 122 Å². The van der Waals surface area contributed by atoms with Crippen LogP contribution in [0.3, 0.4) is 0 Å². The van der Waals surface area contributed by atoms with Gasteiger partial charge in [0.15, 0.2) is 10.8 Å². The van der Waals surface area contributed by atoms with Gasteiger partial charge in [0, 0.05) is 22.7 Å². The molecule has 0 saturated carbocycles. The van der Waals surface area contributed by atoms with Crippen molar-refractivity contribution < 1.29 is 33.0 Å². The summed E-state index contributed by atoms with van der Waals surface area (Å²) >= 11 is 0.668. The molecule has 1 amide bonds. The number of nitrogens with zero attached hydrogens (tertiary/aromatic N) is 2. The van der Waals surface area contributed by atoms with Crippen LogP contribution in [-0.2, 0) is 18.0 Å². The molecular weight excluding hydrogens is 415 g/mol. The molecule has 12 heteroatoms. The van der Waals surface area contributed by atoms with Crippen molar-refractivity contribution in [3.8, 4) is 16.3 Å². The molecule has 0 aliphatic heterocycles. The number of aromatic hydroxyl groups is 1. The maximum absolute atomic E-state index is 12.9. The number of aliphatic carboxylic acids is 1. The van der Waals surface area contributed by atoms with Gasteiger partial charge in [0.05, 0.1) is 5.69 Å². The van der Waals surface area contributed by atoms with Crippen LogP contribution in [0.2, 0.25) is 0 Å². The van der Waals surface area contributed by atoms with Crippen molar-refractivity contribution in [1.29, 1.82) is 0 Å². The van der Waals surface area contributed by atoms with Crippen molar-refractivity contribution in [3.05, 3.63) is 45.7 Å². The first-order valence-corrected chi connectivity index (χ1v) is 8.72. The van der Waals surface area contributed by atoms with E-state index in [4.69, 9.17) is 5.11 Å². The Balaban J connectivity index is 2.08. The second-order valence-corrected chi connectivity index (χ2v) is 6.97. The minimum Gasteiger partial charge on any atom is -0.499 e. The monoisotopic (exact) mass is 427 g/mol. The summed E-state index contributed by atoms with van der Waals surface area (Å²) in [7, 11) is 1.34. The van der Waals surface area contributed by atoms with Crippen LogP contribution in [0.4, 0.5) is 13.2 Å². The maximum atomic E-state index is 12.9. The van der Waals surface area contributed by atoms with Gasteiger partial charge in [0.2, 0.25) is 5.43 Å². The van der Waals surface area contributed by atoms with E-state index in [1.807, 2.05) is 5.32 Å². The average Bonchev–Trinajstić information content (AvgIpc) is 3.01. The number of fused-ring (bicyclic) bond motifs is 1. The highest BCUT2D eigenvalue weighted by Crippen LogP contribution is 2.34. The number of aromatic nitrogens is 2. The van der Waals surface area contributed by atoms with Gasteiger partial charge < -0.3 is 15.5 Å². The lowest BCUT2D eigenvalue weighted by molar-refractivity contribution is -0.141. The number of alkyl halides is 3. The van der Waals surface area contributed by atoms with Gasteiger partial charge in [-0.3, -0.25) is 19.1 Å². The number of nitrogens with one attached hydrogen (secondary N) is 1. The third-order valence-electron chi connectivity index (χ3n) is 3.97. The summed E-state index contributed by atoms with van der Waals surface area (Å²) < 4.78 is 39.9. The molecule has 0 aliphatic rings. The standard InChI is InChI=1S/C17H12F3N3O5S/c1-23-9(5-11(22-23)17(18,19)20)7-2-3-8-10(4-7)29-16(28)13(14(8)26)15(27)21-6-12(24)25/h2-5,28H,6H2,1H3,(H,21,27)(H,24,25). The molecule has 3 rings (SSSR count). The number of carbonyl (C=O) groups is 2. The zero-order valence-electron chi connectivity index (χ0n) is 14.6. The highest BCUT2D eigenvalue weighted by Gasteiger charge is 2.34. The third-order valence-corrected chi connectivity index (χ3v) is 4.92. The Kier molecular flexibility index (Phi) is 5.05. The lowest BCUT2D eigenvalue weighted by Crippen LogP contribution is -2.32. The Bertz CT molecular complexity index is 1200. The third kappa shape index (κ3) is 3.92. The van der Waals surface area contributed by atoms with Crippen LogP contribution in [0.15, 0.2) is 29.1 Å². The van der Waals surface area contributed by atoms with E-state index in [0.717, 1.165) is 10.7 Å². The van der Waals surface area contributed by atoms with Crippen LogP contribution in [0, 0.1) is 0 Å². The molecule has 1 aromatic carbocycles. The second-order valence-electron chi connectivity index (χ2n) is 5.93. The molecule has 152 valence electrons. The summed E-state index contributed by atoms with van der Waals surface area (Å²) in [6, 6.07) is 4.97. The van der Waals surface area contributed by atoms with Gasteiger partial charge in [-0.05, 0) is 18.2 Å². The zero-order chi connectivity index (χ0) is 21.5. The van der Waals surface area contributed by atoms with E-state index in [1.165, 1.54) is 25.2 Å². The quantitative estimate of drug-likeness (QED) is 0.587. The predicted molar refractivity (Wildman–Crippen MR) is 96.9 cm³/mol. The summed E-state index contributed by atoms with van der Waals surface area (Å²) in [4.78, 5) is 35.1. The molecule has 2 heterocycles. The first-order chi connectivity index (χ1) is 13.5. The van der Waals surface area contributed by atoms with Gasteiger partial charge in [-0.15, -0.1) is 0 Å². The molecule has 0 atom stereocenters. The van der Waals surface area contributed by atoms with Crippen molar-refractivity contribution in [2.24, 2.45) is 7.05 Å². The minimum atomic E-state index is -4.62. The van der Waals surface area contributed by atoms with Crippen LogP contribution in [-0.4, -0.2) is 38.4 Å². The highest BCUT2D eigenvalue weighted by atomic mass is 32.1. The molecule has 3 N–H and O–H groups in total. The molecule has 0 fully saturated rings. The fraction of sp³-hybridized carbons (Fsp3) is 0.176. The van der Waals surface area contributed by atoms with E-state index in [9.17, 15) is 32.7 Å². The minimum absolute atomic E-state index is 0.0511. The number of benzene rings is 1. The van der Waals surface area contributed by atoms with Gasteiger partial charge in [0.25, 0.3) is 5.91 Å². The SMILES string of the molecule is Cn1nc(C(F)(F)F)cc1-c1ccc2c(=O)c(C(=O)NCC(=O)O)c(O)sc2c1. The van der Waals surface area contributed by atoms with Crippen LogP contribution in [0.25, 0.3) is 21.3 Å². The predicted octanol–water partition coefficient (Wildman–Crippen LogP) is 2.20. The fourth-order valence-electron chi connectivity index (χ4n) is 2.66. The number of carbonyl (C=O) groups excluding carboxylic acids is 1. The Labute approximate surface area is 163 Å². The molecule has 29 heavy (non-hydrogen) atoms. The number of aryl methyl sites for hydroxylation is 1. The van der Waals surface area contributed by atoms with Crippen molar-refractivity contribution in [2.45, 2.75) is 6.18 Å². The molecule has 0 radical (unpaired) electrons. The van der Waals surface area contributed by atoms with Crippen molar-refractivity contribution in [3.63, 3.8) is 0 Å². The van der Waals surface area contributed by atoms with E-state index in [1.54, 1.807) is 0 Å². The van der Waals surface area contributed by atoms with Gasteiger partial charge in [0.1, 0.15) is 12.1 Å². The van der Waals surface area contributed by atoms with Gasteiger partial charge in [-0.2, -0.15) is 18.3 Å². The first-order valence-electron chi connectivity index (χ1n) is 7.90. The van der Waals surface area contributed by atoms with Crippen LogP contribution in [0.5, 0.6) is 5.06 Å². The number of hydrogen-bond acceptors (Lipinski definition) is 6. The molecular formula is C17H12F3N3O5S. The summed E-state index contributed by atoms with van der Waals surface area (Å²) in [6.45, 7) is -0.735. The van der Waals surface area contributed by atoms with Crippen LogP contribution < -0.4 is 10.7 Å². The molecule has 0 aliphatic carbocycles. The zero-order valence-corrected chi connectivity index (χ0v) is 15.4. The summed E-state index contributed by atoms with van der Waals surface area (Å²) in [5.74, 6) is -2.37. The number of carboxylic acids is 1. The van der Waals surface area contributed by atoms with Gasteiger partial charge in [-0.25, -0.2) is 0 Å². The largest absolute Gasteiger partial charge is 0.499 e. The second kappa shape index (κ2) is 7.20. The molecule has 2 aromatic heterocycles. The van der Waals surface area contributed by atoms with Crippen LogP contribution in [0.1, 0.15) is 16.1 Å². The maximum Gasteiger partial charge on any atom is 0.435 e. The summed E-state index contributed by atoms with van der Waals surface area (Å²) in [5.41, 5.74) is -2.04.